The molecule has 0 unspecified atom stereocenters. The lowest BCUT2D eigenvalue weighted by Crippen LogP contribution is -2.33. The van der Waals surface area contributed by atoms with Crippen molar-refractivity contribution in [1.82, 2.24) is 9.80 Å². The number of rotatable bonds is 9. The molecule has 36 heavy (non-hydrogen) atoms. The number of ether oxygens (including phenoxy) is 1. The standard InChI is InChI=1S/C27H31N3O6/c1-4-28(5-2)13-6-14-29-24(18-7-10-21(11-8-18)30(34)35)23(26(32)27(29)33)25(31)19-9-12-22-20(16-19)15-17(3)36-22/h7-12,16-17,24,31H,4-6,13-15H2,1-3H3/b25-23+/t17-,24-/m0/s1. The first-order chi connectivity index (χ1) is 17.2. The molecule has 1 amide bonds. The van der Waals surface area contributed by atoms with Gasteiger partial charge in [-0.25, -0.2) is 0 Å². The quantitative estimate of drug-likeness (QED) is 0.184. The molecule has 2 atom stereocenters. The molecule has 0 spiro atoms. The van der Waals surface area contributed by atoms with Crippen LogP contribution in [0.25, 0.3) is 5.76 Å². The van der Waals surface area contributed by atoms with Gasteiger partial charge in [-0.05, 0) is 74.4 Å². The van der Waals surface area contributed by atoms with Gasteiger partial charge in [0.2, 0.25) is 0 Å². The SMILES string of the molecule is CCN(CC)CCCN1C(=O)C(=O)/C(=C(/O)c2ccc3c(c2)C[C@H](C)O3)[C@@H]1c1ccc([N+](=O)[O-])cc1. The normalized spacial score (nSPS) is 20.6. The second kappa shape index (κ2) is 10.5. The fourth-order valence-electron chi connectivity index (χ4n) is 4.96. The zero-order valence-electron chi connectivity index (χ0n) is 20.8. The average molecular weight is 494 g/mol. The number of amides is 1. The lowest BCUT2D eigenvalue weighted by molar-refractivity contribution is -0.384. The fraction of sp³-hybridized carbons (Fsp3) is 0.407. The lowest BCUT2D eigenvalue weighted by Gasteiger charge is -2.26. The van der Waals surface area contributed by atoms with Crippen LogP contribution in [0.15, 0.2) is 48.0 Å². The van der Waals surface area contributed by atoms with E-state index in [1.54, 1.807) is 18.2 Å². The number of non-ortho nitro benzene ring substituents is 1. The van der Waals surface area contributed by atoms with Crippen LogP contribution >= 0.6 is 0 Å². The van der Waals surface area contributed by atoms with Gasteiger partial charge in [0.15, 0.2) is 0 Å². The number of nitro benzene ring substituents is 1. The molecule has 0 aromatic heterocycles. The van der Waals surface area contributed by atoms with Gasteiger partial charge in [-0.3, -0.25) is 19.7 Å². The van der Waals surface area contributed by atoms with Crippen LogP contribution in [-0.4, -0.2) is 63.8 Å². The third kappa shape index (κ3) is 4.83. The minimum atomic E-state index is -0.842. The molecule has 1 saturated heterocycles. The highest BCUT2D eigenvalue weighted by molar-refractivity contribution is 6.46. The number of nitrogens with zero attached hydrogens (tertiary/aromatic N) is 3. The lowest BCUT2D eigenvalue weighted by atomic mass is 9.94. The van der Waals surface area contributed by atoms with Gasteiger partial charge in [0.1, 0.15) is 17.6 Å². The molecule has 190 valence electrons. The summed E-state index contributed by atoms with van der Waals surface area (Å²) in [6, 6.07) is 10.1. The van der Waals surface area contributed by atoms with Crippen molar-refractivity contribution < 1.29 is 24.4 Å². The highest BCUT2D eigenvalue weighted by Gasteiger charge is 2.46. The van der Waals surface area contributed by atoms with Crippen LogP contribution < -0.4 is 4.74 Å². The van der Waals surface area contributed by atoms with Gasteiger partial charge in [0, 0.05) is 30.7 Å². The van der Waals surface area contributed by atoms with Gasteiger partial charge in [-0.1, -0.05) is 13.8 Å². The van der Waals surface area contributed by atoms with Crippen LogP contribution in [0.3, 0.4) is 0 Å². The van der Waals surface area contributed by atoms with Crippen molar-refractivity contribution in [3.05, 3.63) is 74.8 Å². The predicted octanol–water partition coefficient (Wildman–Crippen LogP) is 4.07. The molecule has 0 aliphatic carbocycles. The summed E-state index contributed by atoms with van der Waals surface area (Å²) in [4.78, 5) is 40.7. The summed E-state index contributed by atoms with van der Waals surface area (Å²) in [5, 5.41) is 22.5. The highest BCUT2D eigenvalue weighted by atomic mass is 16.6. The zero-order valence-corrected chi connectivity index (χ0v) is 20.8. The topological polar surface area (TPSA) is 113 Å². The molecule has 2 heterocycles. The summed E-state index contributed by atoms with van der Waals surface area (Å²) in [7, 11) is 0. The van der Waals surface area contributed by atoms with E-state index in [9.17, 15) is 24.8 Å². The second-order valence-corrected chi connectivity index (χ2v) is 9.18. The van der Waals surface area contributed by atoms with Crippen molar-refractivity contribution in [3.8, 4) is 5.75 Å². The molecule has 2 aliphatic rings. The summed E-state index contributed by atoms with van der Waals surface area (Å²) in [6.07, 6.45) is 1.35. The number of benzene rings is 2. The van der Waals surface area contributed by atoms with Crippen molar-refractivity contribution in [2.24, 2.45) is 0 Å². The largest absolute Gasteiger partial charge is 0.507 e. The number of nitro groups is 1. The van der Waals surface area contributed by atoms with E-state index < -0.39 is 22.7 Å². The van der Waals surface area contributed by atoms with E-state index in [4.69, 9.17) is 4.74 Å². The van der Waals surface area contributed by atoms with Gasteiger partial charge in [0.05, 0.1) is 16.5 Å². The number of carbonyl (C=O) groups excluding carboxylic acids is 2. The Balaban J connectivity index is 1.74. The zero-order chi connectivity index (χ0) is 26.0. The molecule has 0 bridgehead atoms. The monoisotopic (exact) mass is 493 g/mol. The van der Waals surface area contributed by atoms with E-state index in [2.05, 4.69) is 18.7 Å². The van der Waals surface area contributed by atoms with Crippen LogP contribution in [0.2, 0.25) is 0 Å². The number of aliphatic hydroxyl groups excluding tert-OH is 1. The minimum Gasteiger partial charge on any atom is -0.507 e. The van der Waals surface area contributed by atoms with Crippen molar-refractivity contribution in [1.29, 1.82) is 0 Å². The summed E-state index contributed by atoms with van der Waals surface area (Å²) < 4.78 is 5.74. The molecule has 2 aromatic rings. The predicted molar refractivity (Wildman–Crippen MR) is 135 cm³/mol. The summed E-state index contributed by atoms with van der Waals surface area (Å²) in [5.74, 6) is -0.963. The van der Waals surface area contributed by atoms with Crippen LogP contribution in [0.5, 0.6) is 5.75 Å². The Morgan fingerprint density at radius 3 is 2.50 bits per heavy atom. The number of hydrogen-bond donors (Lipinski definition) is 1. The molecule has 0 radical (unpaired) electrons. The van der Waals surface area contributed by atoms with Crippen LogP contribution in [0.4, 0.5) is 5.69 Å². The van der Waals surface area contributed by atoms with Gasteiger partial charge < -0.3 is 19.6 Å². The maximum Gasteiger partial charge on any atom is 0.295 e. The van der Waals surface area contributed by atoms with Crippen molar-refractivity contribution in [2.45, 2.75) is 45.8 Å². The van der Waals surface area contributed by atoms with Gasteiger partial charge in [-0.2, -0.15) is 0 Å². The Morgan fingerprint density at radius 1 is 1.17 bits per heavy atom. The number of ketones is 1. The number of likely N-dealkylation sites (tertiary alicyclic amines) is 1. The Labute approximate surface area is 210 Å². The van der Waals surface area contributed by atoms with Crippen molar-refractivity contribution in [2.75, 3.05) is 26.2 Å². The van der Waals surface area contributed by atoms with Crippen LogP contribution in [0, 0.1) is 10.1 Å². The molecule has 0 saturated carbocycles. The van der Waals surface area contributed by atoms with E-state index in [-0.39, 0.29) is 23.1 Å². The third-order valence-electron chi connectivity index (χ3n) is 6.90. The van der Waals surface area contributed by atoms with E-state index in [1.807, 2.05) is 6.92 Å². The van der Waals surface area contributed by atoms with Crippen LogP contribution in [-0.2, 0) is 16.0 Å². The summed E-state index contributed by atoms with van der Waals surface area (Å²) in [6.45, 7) is 8.91. The molecule has 1 N–H and O–H groups in total. The minimum absolute atomic E-state index is 0.0105. The second-order valence-electron chi connectivity index (χ2n) is 9.18. The number of hydrogen-bond acceptors (Lipinski definition) is 7. The van der Waals surface area contributed by atoms with Gasteiger partial charge >= 0.3 is 0 Å². The van der Waals surface area contributed by atoms with E-state index in [0.29, 0.717) is 30.5 Å². The van der Waals surface area contributed by atoms with Crippen LogP contribution in [0.1, 0.15) is 49.9 Å². The Bertz CT molecular complexity index is 1200. The maximum absolute atomic E-state index is 13.2. The Morgan fingerprint density at radius 2 is 1.86 bits per heavy atom. The molecule has 1 fully saturated rings. The number of fused-ring (bicyclic) bond motifs is 1. The van der Waals surface area contributed by atoms with Gasteiger partial charge in [-0.15, -0.1) is 0 Å². The average Bonchev–Trinajstić information content (AvgIpc) is 3.37. The smallest absolute Gasteiger partial charge is 0.295 e. The van der Waals surface area contributed by atoms with E-state index >= 15 is 0 Å². The first kappa shape index (κ1) is 25.4. The van der Waals surface area contributed by atoms with E-state index in [1.165, 1.54) is 29.2 Å². The Hall–Kier alpha value is -3.72. The molecule has 2 aliphatic heterocycles. The third-order valence-corrected chi connectivity index (χ3v) is 6.90. The first-order valence-corrected chi connectivity index (χ1v) is 12.3. The van der Waals surface area contributed by atoms with Crippen molar-refractivity contribution >= 4 is 23.1 Å². The van der Waals surface area contributed by atoms with E-state index in [0.717, 1.165) is 30.9 Å². The summed E-state index contributed by atoms with van der Waals surface area (Å²) >= 11 is 0. The fourth-order valence-corrected chi connectivity index (χ4v) is 4.96. The molecular weight excluding hydrogens is 462 g/mol. The van der Waals surface area contributed by atoms with Gasteiger partial charge in [0.25, 0.3) is 17.4 Å². The number of Topliss-reactive ketones (excluding diaryl/α,β-unsaturated/α-hetero) is 1. The number of carbonyl (C=O) groups is 2. The molecule has 4 rings (SSSR count). The number of aliphatic hydroxyl groups is 1. The van der Waals surface area contributed by atoms with Crippen molar-refractivity contribution in [3.63, 3.8) is 0 Å². The first-order valence-electron chi connectivity index (χ1n) is 12.3. The summed E-state index contributed by atoms with van der Waals surface area (Å²) in [5.41, 5.74) is 1.78. The molecular formula is C27H31N3O6. The Kier molecular flexibility index (Phi) is 7.40. The maximum atomic E-state index is 13.2. The molecule has 9 nitrogen and oxygen atoms in total. The highest BCUT2D eigenvalue weighted by Crippen LogP contribution is 2.41. The molecule has 2 aromatic carbocycles. The molecule has 9 heteroatoms.